The van der Waals surface area contributed by atoms with Crippen LogP contribution in [0.1, 0.15) is 18.0 Å². The number of nitrogen functional groups attached to an aromatic ring is 1. The Morgan fingerprint density at radius 2 is 2.33 bits per heavy atom. The first-order valence-corrected chi connectivity index (χ1v) is 5.41. The molecule has 1 spiro atoms. The summed E-state index contributed by atoms with van der Waals surface area (Å²) in [6.07, 6.45) is 1.15. The molecule has 1 aliphatic carbocycles. The molecule has 2 aliphatic rings. The number of rotatable bonds is 1. The quantitative estimate of drug-likeness (QED) is 0.605. The highest BCUT2D eigenvalue weighted by Gasteiger charge is 2.60. The predicted molar refractivity (Wildman–Crippen MR) is 59.3 cm³/mol. The summed E-state index contributed by atoms with van der Waals surface area (Å²) in [6, 6.07) is 6.12. The molecule has 1 aromatic rings. The zero-order valence-electron chi connectivity index (χ0n) is 8.61. The van der Waals surface area contributed by atoms with Crippen molar-refractivity contribution in [2.75, 3.05) is 18.8 Å². The van der Waals surface area contributed by atoms with Crippen molar-refractivity contribution >= 4 is 5.82 Å². The molecule has 0 radical (unpaired) electrons. The number of aromatic nitrogens is 1. The number of hydrogen-bond acceptors (Lipinski definition) is 4. The van der Waals surface area contributed by atoms with Gasteiger partial charge in [-0.15, -0.1) is 0 Å². The summed E-state index contributed by atoms with van der Waals surface area (Å²) >= 11 is 0. The first kappa shape index (κ1) is 9.12. The van der Waals surface area contributed by atoms with E-state index < -0.39 is 0 Å². The van der Waals surface area contributed by atoms with Gasteiger partial charge in [0, 0.05) is 36.2 Å². The number of nitrogens with one attached hydrogen (secondary N) is 1. The van der Waals surface area contributed by atoms with Crippen molar-refractivity contribution in [1.82, 2.24) is 10.3 Å². The van der Waals surface area contributed by atoms with Gasteiger partial charge < -0.3 is 16.8 Å². The molecule has 3 atom stereocenters. The first-order valence-electron chi connectivity index (χ1n) is 5.41. The van der Waals surface area contributed by atoms with Crippen LogP contribution in [0, 0.1) is 5.41 Å². The zero-order valence-corrected chi connectivity index (χ0v) is 8.61. The molecule has 4 heteroatoms. The van der Waals surface area contributed by atoms with Gasteiger partial charge in [0.05, 0.1) is 0 Å². The lowest BCUT2D eigenvalue weighted by molar-refractivity contribution is 0.477. The average Bonchev–Trinajstić information content (AvgIpc) is 2.83. The van der Waals surface area contributed by atoms with Crippen molar-refractivity contribution in [2.45, 2.75) is 18.4 Å². The number of nitrogens with two attached hydrogens (primary N) is 2. The van der Waals surface area contributed by atoms with E-state index in [2.05, 4.69) is 16.4 Å². The van der Waals surface area contributed by atoms with Crippen LogP contribution in [-0.2, 0) is 0 Å². The standard InChI is InChI=1S/C11H16N4/c12-9-5-14-6-11(9)4-7(11)8-2-1-3-10(13)15-8/h1-3,7,9,14H,4-6,12H2,(H2,13,15)/t7-,9+,11-/m0/s1. The van der Waals surface area contributed by atoms with Gasteiger partial charge in [-0.2, -0.15) is 0 Å². The van der Waals surface area contributed by atoms with Gasteiger partial charge in [-0.1, -0.05) is 6.07 Å². The summed E-state index contributed by atoms with van der Waals surface area (Å²) in [5.41, 5.74) is 13.2. The normalized spacial score (nSPS) is 38.5. The molecule has 15 heavy (non-hydrogen) atoms. The molecule has 2 heterocycles. The molecule has 0 bridgehead atoms. The highest BCUT2D eigenvalue weighted by Crippen LogP contribution is 2.61. The van der Waals surface area contributed by atoms with Crippen molar-refractivity contribution in [1.29, 1.82) is 0 Å². The van der Waals surface area contributed by atoms with Crippen LogP contribution in [0.25, 0.3) is 0 Å². The molecule has 80 valence electrons. The Labute approximate surface area is 89.1 Å². The second-order valence-corrected chi connectivity index (χ2v) is 4.71. The van der Waals surface area contributed by atoms with Gasteiger partial charge in [0.25, 0.3) is 0 Å². The lowest BCUT2D eigenvalue weighted by Gasteiger charge is -2.13. The Morgan fingerprint density at radius 3 is 3.00 bits per heavy atom. The second kappa shape index (κ2) is 2.93. The van der Waals surface area contributed by atoms with E-state index in [4.69, 9.17) is 11.5 Å². The second-order valence-electron chi connectivity index (χ2n) is 4.71. The van der Waals surface area contributed by atoms with Gasteiger partial charge in [0.2, 0.25) is 0 Å². The Kier molecular flexibility index (Phi) is 1.78. The Morgan fingerprint density at radius 1 is 1.47 bits per heavy atom. The molecule has 0 aromatic carbocycles. The maximum atomic E-state index is 6.12. The fourth-order valence-corrected chi connectivity index (χ4v) is 2.78. The number of nitrogens with zero attached hydrogens (tertiary/aromatic N) is 1. The molecule has 1 saturated carbocycles. The summed E-state index contributed by atoms with van der Waals surface area (Å²) in [6.45, 7) is 1.95. The zero-order chi connectivity index (χ0) is 10.5. The minimum absolute atomic E-state index is 0.265. The average molecular weight is 204 g/mol. The van der Waals surface area contributed by atoms with E-state index in [1.54, 1.807) is 0 Å². The molecular formula is C11H16N4. The van der Waals surface area contributed by atoms with E-state index in [1.165, 1.54) is 0 Å². The van der Waals surface area contributed by atoms with Gasteiger partial charge in [0.15, 0.2) is 0 Å². The summed E-state index contributed by atoms with van der Waals surface area (Å²) in [4.78, 5) is 4.38. The SMILES string of the molecule is Nc1cccc([C@@H]2C[C@]23CNC[C@H]3N)n1. The van der Waals surface area contributed by atoms with Crippen molar-refractivity contribution in [2.24, 2.45) is 11.1 Å². The van der Waals surface area contributed by atoms with E-state index in [1.807, 2.05) is 12.1 Å². The highest BCUT2D eigenvalue weighted by atomic mass is 15.0. The van der Waals surface area contributed by atoms with E-state index >= 15 is 0 Å². The molecule has 1 aromatic heterocycles. The molecule has 3 rings (SSSR count). The van der Waals surface area contributed by atoms with Gasteiger partial charge in [-0.3, -0.25) is 0 Å². The van der Waals surface area contributed by atoms with Gasteiger partial charge in [-0.05, 0) is 18.6 Å². The van der Waals surface area contributed by atoms with Crippen LogP contribution in [0.3, 0.4) is 0 Å². The fourth-order valence-electron chi connectivity index (χ4n) is 2.78. The molecule has 1 saturated heterocycles. The predicted octanol–water partition coefficient (Wildman–Crippen LogP) is 0.0680. The smallest absolute Gasteiger partial charge is 0.123 e. The lowest BCUT2D eigenvalue weighted by Crippen LogP contribution is -2.31. The monoisotopic (exact) mass is 204 g/mol. The van der Waals surface area contributed by atoms with E-state index in [0.717, 1.165) is 25.2 Å². The molecule has 1 aliphatic heterocycles. The largest absolute Gasteiger partial charge is 0.384 e. The molecule has 0 unspecified atom stereocenters. The van der Waals surface area contributed by atoms with Gasteiger partial charge >= 0.3 is 0 Å². The fraction of sp³-hybridized carbons (Fsp3) is 0.545. The molecule has 0 amide bonds. The third kappa shape index (κ3) is 1.25. The molecule has 2 fully saturated rings. The minimum atomic E-state index is 0.265. The van der Waals surface area contributed by atoms with Crippen LogP contribution in [0.15, 0.2) is 18.2 Å². The van der Waals surface area contributed by atoms with Gasteiger partial charge in [-0.25, -0.2) is 4.98 Å². The Balaban J connectivity index is 1.87. The summed E-state index contributed by atoms with van der Waals surface area (Å²) in [7, 11) is 0. The van der Waals surface area contributed by atoms with E-state index in [-0.39, 0.29) is 11.5 Å². The molecule has 5 N–H and O–H groups in total. The Bertz CT molecular complexity index is 392. The Hall–Kier alpha value is -1.13. The number of pyridine rings is 1. The van der Waals surface area contributed by atoms with E-state index in [0.29, 0.717) is 11.7 Å². The van der Waals surface area contributed by atoms with Gasteiger partial charge in [0.1, 0.15) is 5.82 Å². The molecular weight excluding hydrogens is 188 g/mol. The summed E-state index contributed by atoms with van der Waals surface area (Å²) in [5.74, 6) is 1.11. The van der Waals surface area contributed by atoms with Crippen LogP contribution < -0.4 is 16.8 Å². The maximum Gasteiger partial charge on any atom is 0.123 e. The van der Waals surface area contributed by atoms with Crippen LogP contribution in [0.5, 0.6) is 0 Å². The summed E-state index contributed by atoms with van der Waals surface area (Å²) < 4.78 is 0. The third-order valence-electron chi connectivity index (χ3n) is 3.82. The van der Waals surface area contributed by atoms with E-state index in [9.17, 15) is 0 Å². The van der Waals surface area contributed by atoms with Crippen LogP contribution in [0.4, 0.5) is 5.82 Å². The first-order chi connectivity index (χ1) is 7.22. The topological polar surface area (TPSA) is 77.0 Å². The minimum Gasteiger partial charge on any atom is -0.384 e. The van der Waals surface area contributed by atoms with Crippen molar-refractivity contribution in [3.8, 4) is 0 Å². The van der Waals surface area contributed by atoms with Crippen molar-refractivity contribution < 1.29 is 0 Å². The lowest BCUT2D eigenvalue weighted by atomic mass is 9.96. The number of anilines is 1. The van der Waals surface area contributed by atoms with Crippen molar-refractivity contribution in [3.63, 3.8) is 0 Å². The summed E-state index contributed by atoms with van der Waals surface area (Å²) in [5, 5.41) is 3.36. The van der Waals surface area contributed by atoms with Crippen LogP contribution in [0.2, 0.25) is 0 Å². The molecule has 4 nitrogen and oxygen atoms in total. The number of hydrogen-bond donors (Lipinski definition) is 3. The highest BCUT2D eigenvalue weighted by molar-refractivity contribution is 5.35. The third-order valence-corrected chi connectivity index (χ3v) is 3.82. The van der Waals surface area contributed by atoms with Crippen LogP contribution >= 0.6 is 0 Å². The maximum absolute atomic E-state index is 6.12. The van der Waals surface area contributed by atoms with Crippen molar-refractivity contribution in [3.05, 3.63) is 23.9 Å². The van der Waals surface area contributed by atoms with Crippen LogP contribution in [-0.4, -0.2) is 24.1 Å².